The number of carbonyl (C=O) groups is 1. The van der Waals surface area contributed by atoms with Crippen LogP contribution in [-0.2, 0) is 14.3 Å². The van der Waals surface area contributed by atoms with E-state index >= 15 is 0 Å². The van der Waals surface area contributed by atoms with E-state index in [0.29, 0.717) is 24.4 Å². The van der Waals surface area contributed by atoms with Crippen LogP contribution in [0.15, 0.2) is 103 Å². The summed E-state index contributed by atoms with van der Waals surface area (Å²) < 4.78 is 13.0. The molecule has 1 saturated carbocycles. The molecule has 1 heterocycles. The number of allylic oxidation sites excluding steroid dienone is 1. The fourth-order valence-electron chi connectivity index (χ4n) is 7.25. The Hall–Kier alpha value is -3.59. The standard InChI is InChI=1S/C37H40O3/c1-24(2)29-20-19-25(3)21-33(29)40-37(38)35-30(26-13-7-4-8-14-26)22-31-32(34(35)27-15-9-5-10-16-27)23-39-36(31)28-17-11-6-12-18-28/h4-18,22,24-25,29,32-35H,19-21,23H2,1-3H3/t25-,29+,32+,33-,34?,35+/m1/s1. The van der Waals surface area contributed by atoms with Crippen molar-refractivity contribution >= 4 is 17.3 Å². The summed E-state index contributed by atoms with van der Waals surface area (Å²) in [5, 5.41) is 0. The molecule has 3 nitrogen and oxygen atoms in total. The molecule has 0 bridgehead atoms. The maximum atomic E-state index is 14.5. The maximum Gasteiger partial charge on any atom is 0.314 e. The molecule has 1 fully saturated rings. The number of ether oxygens (including phenoxy) is 2. The highest BCUT2D eigenvalue weighted by Gasteiger charge is 2.48. The van der Waals surface area contributed by atoms with Crippen LogP contribution in [0.1, 0.15) is 62.6 Å². The highest BCUT2D eigenvalue weighted by atomic mass is 16.5. The molecular formula is C37H40O3. The molecule has 6 rings (SSSR count). The summed E-state index contributed by atoms with van der Waals surface area (Å²) in [5.41, 5.74) is 5.49. The second-order valence-electron chi connectivity index (χ2n) is 12.2. The summed E-state index contributed by atoms with van der Waals surface area (Å²) in [6, 6.07) is 31.2. The zero-order valence-corrected chi connectivity index (χ0v) is 23.8. The van der Waals surface area contributed by atoms with Gasteiger partial charge in [-0.25, -0.2) is 0 Å². The fraction of sp³-hybridized carbons (Fsp3) is 0.378. The van der Waals surface area contributed by atoms with Crippen LogP contribution in [0.3, 0.4) is 0 Å². The average molecular weight is 533 g/mol. The van der Waals surface area contributed by atoms with Gasteiger partial charge in [0.1, 0.15) is 11.9 Å². The number of esters is 1. The molecule has 40 heavy (non-hydrogen) atoms. The lowest BCUT2D eigenvalue weighted by Crippen LogP contribution is -2.40. The molecule has 3 heteroatoms. The summed E-state index contributed by atoms with van der Waals surface area (Å²) in [6.45, 7) is 7.37. The number of benzene rings is 3. The number of fused-ring (bicyclic) bond motifs is 1. The van der Waals surface area contributed by atoms with E-state index in [-0.39, 0.29) is 23.9 Å². The predicted molar refractivity (Wildman–Crippen MR) is 161 cm³/mol. The summed E-state index contributed by atoms with van der Waals surface area (Å²) in [5.74, 6) is 1.85. The smallest absolute Gasteiger partial charge is 0.314 e. The number of rotatable bonds is 6. The molecule has 0 aromatic heterocycles. The van der Waals surface area contributed by atoms with Crippen LogP contribution in [0.5, 0.6) is 0 Å². The lowest BCUT2D eigenvalue weighted by atomic mass is 9.65. The molecule has 3 aromatic carbocycles. The van der Waals surface area contributed by atoms with Gasteiger partial charge in [-0.15, -0.1) is 0 Å². The molecule has 0 amide bonds. The Bertz CT molecular complexity index is 1370. The second kappa shape index (κ2) is 11.5. The normalized spacial score (nSPS) is 28.1. The van der Waals surface area contributed by atoms with E-state index in [4.69, 9.17) is 9.47 Å². The van der Waals surface area contributed by atoms with Crippen molar-refractivity contribution in [1.29, 1.82) is 0 Å². The van der Waals surface area contributed by atoms with E-state index in [1.165, 1.54) is 12.0 Å². The summed E-state index contributed by atoms with van der Waals surface area (Å²) in [4.78, 5) is 14.5. The van der Waals surface area contributed by atoms with Gasteiger partial charge in [0.15, 0.2) is 0 Å². The Balaban J connectivity index is 1.48. The van der Waals surface area contributed by atoms with E-state index in [1.54, 1.807) is 0 Å². The van der Waals surface area contributed by atoms with Crippen molar-refractivity contribution in [1.82, 2.24) is 0 Å². The van der Waals surface area contributed by atoms with Crippen molar-refractivity contribution in [2.45, 2.75) is 52.1 Å². The van der Waals surface area contributed by atoms with Crippen LogP contribution in [0.2, 0.25) is 0 Å². The highest BCUT2D eigenvalue weighted by Crippen LogP contribution is 2.53. The van der Waals surface area contributed by atoms with E-state index < -0.39 is 5.92 Å². The first-order valence-corrected chi connectivity index (χ1v) is 15.0. The Morgan fingerprint density at radius 1 is 0.850 bits per heavy atom. The fourth-order valence-corrected chi connectivity index (χ4v) is 7.25. The molecule has 3 aliphatic rings. The van der Waals surface area contributed by atoms with Gasteiger partial charge in [-0.1, -0.05) is 124 Å². The van der Waals surface area contributed by atoms with Gasteiger partial charge < -0.3 is 9.47 Å². The summed E-state index contributed by atoms with van der Waals surface area (Å²) in [7, 11) is 0. The first-order valence-electron chi connectivity index (χ1n) is 15.0. The van der Waals surface area contributed by atoms with Crippen molar-refractivity contribution in [2.24, 2.45) is 29.6 Å². The molecule has 1 unspecified atom stereocenters. The van der Waals surface area contributed by atoms with E-state index in [1.807, 2.05) is 18.2 Å². The van der Waals surface area contributed by atoms with E-state index in [0.717, 1.165) is 40.9 Å². The van der Waals surface area contributed by atoms with Crippen molar-refractivity contribution in [3.8, 4) is 0 Å². The minimum absolute atomic E-state index is 0.0404. The SMILES string of the molecule is CC(C)[C@@H]1CC[C@@H](C)C[C@H]1OC(=O)[C@H]1C(c2ccccc2)=CC2=C(c3ccccc3)OC[C@@H]2C1c1ccccc1. The van der Waals surface area contributed by atoms with Gasteiger partial charge in [-0.3, -0.25) is 4.79 Å². The van der Waals surface area contributed by atoms with Crippen LogP contribution >= 0.6 is 0 Å². The lowest BCUT2D eigenvalue weighted by molar-refractivity contribution is -0.160. The third-order valence-electron chi connectivity index (χ3n) is 9.32. The molecule has 0 spiro atoms. The lowest BCUT2D eigenvalue weighted by Gasteiger charge is -2.40. The minimum Gasteiger partial charge on any atom is -0.492 e. The largest absolute Gasteiger partial charge is 0.492 e. The molecule has 1 aliphatic heterocycles. The first kappa shape index (κ1) is 26.6. The molecule has 3 aromatic rings. The quantitative estimate of drug-likeness (QED) is 0.298. The number of hydrogen-bond acceptors (Lipinski definition) is 3. The first-order chi connectivity index (χ1) is 19.5. The monoisotopic (exact) mass is 532 g/mol. The zero-order valence-electron chi connectivity index (χ0n) is 23.8. The third kappa shape index (κ3) is 5.14. The Labute approximate surface area is 238 Å². The number of carbonyl (C=O) groups excluding carboxylic acids is 1. The zero-order chi connectivity index (χ0) is 27.6. The van der Waals surface area contributed by atoms with Gasteiger partial charge in [-0.2, -0.15) is 0 Å². The second-order valence-corrected chi connectivity index (χ2v) is 12.2. The Kier molecular flexibility index (Phi) is 7.65. The number of hydrogen-bond donors (Lipinski definition) is 0. The molecular weight excluding hydrogens is 492 g/mol. The van der Waals surface area contributed by atoms with Crippen LogP contribution in [0.4, 0.5) is 0 Å². The maximum absolute atomic E-state index is 14.5. The summed E-state index contributed by atoms with van der Waals surface area (Å²) in [6.07, 6.45) is 5.47. The van der Waals surface area contributed by atoms with Gasteiger partial charge in [-0.05, 0) is 47.3 Å². The average Bonchev–Trinajstić information content (AvgIpc) is 3.41. The van der Waals surface area contributed by atoms with E-state index in [2.05, 4.69) is 99.6 Å². The van der Waals surface area contributed by atoms with Gasteiger partial charge >= 0.3 is 5.97 Å². The minimum atomic E-state index is -0.415. The Morgan fingerprint density at radius 3 is 2.12 bits per heavy atom. The molecule has 6 atom stereocenters. The highest BCUT2D eigenvalue weighted by molar-refractivity contribution is 5.93. The van der Waals surface area contributed by atoms with Gasteiger partial charge in [0.25, 0.3) is 0 Å². The molecule has 0 N–H and O–H groups in total. The molecule has 0 radical (unpaired) electrons. The van der Waals surface area contributed by atoms with Crippen molar-refractivity contribution in [2.75, 3.05) is 6.61 Å². The molecule has 0 saturated heterocycles. The van der Waals surface area contributed by atoms with Gasteiger partial charge in [0.2, 0.25) is 0 Å². The Morgan fingerprint density at radius 2 is 1.48 bits per heavy atom. The third-order valence-corrected chi connectivity index (χ3v) is 9.32. The topological polar surface area (TPSA) is 35.5 Å². The van der Waals surface area contributed by atoms with Crippen LogP contribution in [-0.4, -0.2) is 18.7 Å². The van der Waals surface area contributed by atoms with Crippen LogP contribution < -0.4 is 0 Å². The van der Waals surface area contributed by atoms with Gasteiger partial charge in [0, 0.05) is 23.0 Å². The van der Waals surface area contributed by atoms with Crippen molar-refractivity contribution < 1.29 is 14.3 Å². The molecule has 206 valence electrons. The van der Waals surface area contributed by atoms with Crippen molar-refractivity contribution in [3.05, 3.63) is 119 Å². The summed E-state index contributed by atoms with van der Waals surface area (Å²) >= 11 is 0. The molecule has 2 aliphatic carbocycles. The van der Waals surface area contributed by atoms with Crippen LogP contribution in [0.25, 0.3) is 11.3 Å². The van der Waals surface area contributed by atoms with Gasteiger partial charge in [0.05, 0.1) is 12.5 Å². The van der Waals surface area contributed by atoms with Crippen LogP contribution in [0, 0.1) is 29.6 Å². The van der Waals surface area contributed by atoms with E-state index in [9.17, 15) is 4.79 Å². The predicted octanol–water partition coefficient (Wildman–Crippen LogP) is 8.55. The van der Waals surface area contributed by atoms with Crippen molar-refractivity contribution in [3.63, 3.8) is 0 Å².